The van der Waals surface area contributed by atoms with Crippen LogP contribution in [0.25, 0.3) is 11.3 Å². The van der Waals surface area contributed by atoms with E-state index in [1.54, 1.807) is 24.3 Å². The lowest BCUT2D eigenvalue weighted by Crippen LogP contribution is -2.35. The molecule has 2 N–H and O–H groups in total. The van der Waals surface area contributed by atoms with Gasteiger partial charge in [0.2, 0.25) is 11.8 Å². The van der Waals surface area contributed by atoms with Crippen LogP contribution >= 0.6 is 11.6 Å². The van der Waals surface area contributed by atoms with E-state index in [1.165, 1.54) is 11.8 Å². The van der Waals surface area contributed by atoms with Crippen molar-refractivity contribution in [3.63, 3.8) is 0 Å². The molecule has 1 unspecified atom stereocenters. The third-order valence-corrected chi connectivity index (χ3v) is 4.81. The van der Waals surface area contributed by atoms with Gasteiger partial charge in [0.15, 0.2) is 0 Å². The lowest BCUT2D eigenvalue weighted by Gasteiger charge is -2.24. The minimum atomic E-state index is -0.788. The Morgan fingerprint density at radius 3 is 2.79 bits per heavy atom. The van der Waals surface area contributed by atoms with E-state index in [-0.39, 0.29) is 18.2 Å². The SMILES string of the molecule is COc1ccc(Cl)c(NC(=O)C2CC(=O)Nc3cc(-c4ccccc4)nn32)c1. The van der Waals surface area contributed by atoms with Crippen LogP contribution in [0.5, 0.6) is 5.75 Å². The Morgan fingerprint density at radius 1 is 1.25 bits per heavy atom. The first-order valence-corrected chi connectivity index (χ1v) is 9.02. The topological polar surface area (TPSA) is 85.2 Å². The lowest BCUT2D eigenvalue weighted by molar-refractivity contribution is -0.125. The Balaban J connectivity index is 1.65. The lowest BCUT2D eigenvalue weighted by atomic mass is 10.1. The summed E-state index contributed by atoms with van der Waals surface area (Å²) in [7, 11) is 1.53. The molecule has 0 saturated heterocycles. The molecule has 8 heteroatoms. The quantitative estimate of drug-likeness (QED) is 0.703. The van der Waals surface area contributed by atoms with E-state index in [2.05, 4.69) is 15.7 Å². The molecule has 0 bridgehead atoms. The zero-order chi connectivity index (χ0) is 19.7. The molecule has 28 heavy (non-hydrogen) atoms. The molecule has 3 aromatic rings. The third kappa shape index (κ3) is 3.44. The number of hydrogen-bond donors (Lipinski definition) is 2. The van der Waals surface area contributed by atoms with Crippen molar-refractivity contribution in [2.45, 2.75) is 12.5 Å². The molecule has 0 fully saturated rings. The fraction of sp³-hybridized carbons (Fsp3) is 0.150. The molecule has 1 aliphatic rings. The van der Waals surface area contributed by atoms with Gasteiger partial charge in [0.25, 0.3) is 0 Å². The first kappa shape index (κ1) is 18.1. The van der Waals surface area contributed by atoms with E-state index in [0.717, 1.165) is 5.56 Å². The number of nitrogens with zero attached hydrogens (tertiary/aromatic N) is 2. The first-order valence-electron chi connectivity index (χ1n) is 8.64. The molecule has 142 valence electrons. The number of ether oxygens (including phenoxy) is 1. The standard InChI is InChI=1S/C20H17ClN4O3/c1-28-13-7-8-14(21)16(9-13)22-20(27)17-11-19(26)23-18-10-15(24-25(17)18)12-5-3-2-4-6-12/h2-10,17H,11H2,1H3,(H,22,27)(H,23,26). The molecule has 1 aromatic heterocycles. The first-order chi connectivity index (χ1) is 13.5. The van der Waals surface area contributed by atoms with Crippen molar-refractivity contribution in [3.05, 3.63) is 59.6 Å². The number of anilines is 2. The summed E-state index contributed by atoms with van der Waals surface area (Å²) in [6.45, 7) is 0. The molecule has 0 spiro atoms. The Hall–Kier alpha value is -3.32. The molecule has 2 amide bonds. The smallest absolute Gasteiger partial charge is 0.249 e. The molecule has 1 atom stereocenters. The van der Waals surface area contributed by atoms with Crippen LogP contribution in [-0.2, 0) is 9.59 Å². The van der Waals surface area contributed by atoms with Crippen molar-refractivity contribution in [3.8, 4) is 17.0 Å². The van der Waals surface area contributed by atoms with Crippen molar-refractivity contribution in [1.29, 1.82) is 0 Å². The summed E-state index contributed by atoms with van der Waals surface area (Å²) in [5, 5.41) is 10.5. The van der Waals surface area contributed by atoms with Crippen LogP contribution in [0.4, 0.5) is 11.5 Å². The van der Waals surface area contributed by atoms with Gasteiger partial charge in [-0.3, -0.25) is 9.59 Å². The van der Waals surface area contributed by atoms with Crippen LogP contribution in [0, 0.1) is 0 Å². The van der Waals surface area contributed by atoms with Gasteiger partial charge >= 0.3 is 0 Å². The Kier molecular flexibility index (Phi) is 4.75. The number of methoxy groups -OCH3 is 1. The molecular weight excluding hydrogens is 380 g/mol. The number of halogens is 1. The summed E-state index contributed by atoms with van der Waals surface area (Å²) in [5.74, 6) is 0.414. The highest BCUT2D eigenvalue weighted by molar-refractivity contribution is 6.33. The molecule has 2 aromatic carbocycles. The van der Waals surface area contributed by atoms with Crippen LogP contribution in [0.3, 0.4) is 0 Å². The molecule has 0 saturated carbocycles. The fourth-order valence-electron chi connectivity index (χ4n) is 3.08. The second-order valence-electron chi connectivity index (χ2n) is 6.33. The maximum Gasteiger partial charge on any atom is 0.249 e. The van der Waals surface area contributed by atoms with Crippen molar-refractivity contribution in [1.82, 2.24) is 9.78 Å². The van der Waals surface area contributed by atoms with E-state index >= 15 is 0 Å². The molecular formula is C20H17ClN4O3. The average Bonchev–Trinajstić information content (AvgIpc) is 3.13. The summed E-state index contributed by atoms with van der Waals surface area (Å²) >= 11 is 6.18. The summed E-state index contributed by atoms with van der Waals surface area (Å²) in [5.41, 5.74) is 1.98. The summed E-state index contributed by atoms with van der Waals surface area (Å²) in [6, 6.07) is 15.5. The second-order valence-corrected chi connectivity index (χ2v) is 6.74. The van der Waals surface area contributed by atoms with Crippen molar-refractivity contribution in [2.75, 3.05) is 17.7 Å². The molecule has 7 nitrogen and oxygen atoms in total. The zero-order valence-corrected chi connectivity index (χ0v) is 15.7. The summed E-state index contributed by atoms with van der Waals surface area (Å²) in [4.78, 5) is 25.0. The molecule has 0 radical (unpaired) electrons. The van der Waals surface area contributed by atoms with Crippen LogP contribution < -0.4 is 15.4 Å². The Morgan fingerprint density at radius 2 is 2.04 bits per heavy atom. The monoisotopic (exact) mass is 396 g/mol. The minimum absolute atomic E-state index is 0.0175. The number of fused-ring (bicyclic) bond motifs is 1. The zero-order valence-electron chi connectivity index (χ0n) is 15.0. The Bertz CT molecular complexity index is 1050. The van der Waals surface area contributed by atoms with Gasteiger partial charge in [-0.25, -0.2) is 4.68 Å². The fourth-order valence-corrected chi connectivity index (χ4v) is 3.24. The summed E-state index contributed by atoms with van der Waals surface area (Å²) < 4.78 is 6.71. The number of benzene rings is 2. The van der Waals surface area contributed by atoms with Gasteiger partial charge in [-0.15, -0.1) is 0 Å². The van der Waals surface area contributed by atoms with Gasteiger partial charge in [0.1, 0.15) is 17.6 Å². The van der Waals surface area contributed by atoms with Gasteiger partial charge < -0.3 is 15.4 Å². The number of nitrogens with one attached hydrogen (secondary N) is 2. The van der Waals surface area contributed by atoms with Gasteiger partial charge in [0.05, 0.1) is 29.9 Å². The van der Waals surface area contributed by atoms with Crippen LogP contribution in [-0.4, -0.2) is 28.7 Å². The van der Waals surface area contributed by atoms with E-state index in [4.69, 9.17) is 16.3 Å². The third-order valence-electron chi connectivity index (χ3n) is 4.48. The molecule has 4 rings (SSSR count). The molecule has 1 aliphatic heterocycles. The summed E-state index contributed by atoms with van der Waals surface area (Å²) in [6.07, 6.45) is -0.0175. The predicted octanol–water partition coefficient (Wildman–Crippen LogP) is 3.73. The van der Waals surface area contributed by atoms with Gasteiger partial charge in [0, 0.05) is 17.7 Å². The van der Waals surface area contributed by atoms with E-state index in [1.807, 2.05) is 30.3 Å². The average molecular weight is 397 g/mol. The normalized spacial score (nSPS) is 15.5. The van der Waals surface area contributed by atoms with Crippen molar-refractivity contribution < 1.29 is 14.3 Å². The molecule has 0 aliphatic carbocycles. The van der Waals surface area contributed by atoms with E-state index in [9.17, 15) is 9.59 Å². The highest BCUT2D eigenvalue weighted by Gasteiger charge is 2.32. The highest BCUT2D eigenvalue weighted by atomic mass is 35.5. The largest absolute Gasteiger partial charge is 0.497 e. The van der Waals surface area contributed by atoms with Gasteiger partial charge in [-0.05, 0) is 12.1 Å². The van der Waals surface area contributed by atoms with Crippen molar-refractivity contribution in [2.24, 2.45) is 0 Å². The van der Waals surface area contributed by atoms with E-state index in [0.29, 0.717) is 28.0 Å². The van der Waals surface area contributed by atoms with Crippen LogP contribution in [0.15, 0.2) is 54.6 Å². The van der Waals surface area contributed by atoms with Gasteiger partial charge in [-0.1, -0.05) is 41.9 Å². The minimum Gasteiger partial charge on any atom is -0.497 e. The van der Waals surface area contributed by atoms with Crippen LogP contribution in [0.2, 0.25) is 5.02 Å². The van der Waals surface area contributed by atoms with E-state index < -0.39 is 6.04 Å². The molecule has 2 heterocycles. The maximum atomic E-state index is 12.9. The number of carbonyl (C=O) groups is 2. The number of aromatic nitrogens is 2. The predicted molar refractivity (Wildman–Crippen MR) is 107 cm³/mol. The maximum absolute atomic E-state index is 12.9. The van der Waals surface area contributed by atoms with Crippen molar-refractivity contribution >= 4 is 34.9 Å². The Labute approximate surface area is 166 Å². The van der Waals surface area contributed by atoms with Crippen LogP contribution in [0.1, 0.15) is 12.5 Å². The number of hydrogen-bond acceptors (Lipinski definition) is 4. The van der Waals surface area contributed by atoms with Gasteiger partial charge in [-0.2, -0.15) is 5.10 Å². The number of amides is 2. The second kappa shape index (κ2) is 7.36. The number of rotatable bonds is 4. The highest BCUT2D eigenvalue weighted by Crippen LogP contribution is 2.32. The number of carbonyl (C=O) groups excluding carboxylic acids is 2.